The second-order valence-corrected chi connectivity index (χ2v) is 6.99. The molecule has 0 spiro atoms. The van der Waals surface area contributed by atoms with Crippen LogP contribution in [0.25, 0.3) is 0 Å². The standard InChI is InChI=1S/C17H26N2O/c1-12-8-6-7-9-13(12)19-15(20)11-18-10-14-16(2,3)17(14,4)5/h6-9,14,18H,10-11H2,1-5H3,(H,19,20). The van der Waals surface area contributed by atoms with E-state index in [4.69, 9.17) is 0 Å². The van der Waals surface area contributed by atoms with Crippen molar-refractivity contribution < 1.29 is 4.79 Å². The third-order valence-electron chi connectivity index (χ3n) is 5.37. The first kappa shape index (κ1) is 15.0. The van der Waals surface area contributed by atoms with Crippen molar-refractivity contribution in [2.45, 2.75) is 34.6 Å². The van der Waals surface area contributed by atoms with Crippen molar-refractivity contribution in [3.05, 3.63) is 29.8 Å². The monoisotopic (exact) mass is 274 g/mol. The van der Waals surface area contributed by atoms with E-state index in [-0.39, 0.29) is 5.91 Å². The Balaban J connectivity index is 1.76. The Morgan fingerprint density at radius 1 is 1.15 bits per heavy atom. The highest BCUT2D eigenvalue weighted by Crippen LogP contribution is 2.67. The lowest BCUT2D eigenvalue weighted by Gasteiger charge is -2.09. The molecule has 1 amide bonds. The Hall–Kier alpha value is -1.35. The van der Waals surface area contributed by atoms with Gasteiger partial charge in [0.15, 0.2) is 0 Å². The second kappa shape index (κ2) is 5.21. The lowest BCUT2D eigenvalue weighted by atomic mass is 10.0. The molecule has 0 unspecified atom stereocenters. The molecule has 0 heterocycles. The highest BCUT2D eigenvalue weighted by molar-refractivity contribution is 5.92. The molecule has 0 bridgehead atoms. The summed E-state index contributed by atoms with van der Waals surface area (Å²) in [5.74, 6) is 0.664. The molecule has 0 atom stereocenters. The third-order valence-corrected chi connectivity index (χ3v) is 5.37. The van der Waals surface area contributed by atoms with Crippen LogP contribution in [0.4, 0.5) is 5.69 Å². The Kier molecular flexibility index (Phi) is 3.92. The van der Waals surface area contributed by atoms with Crippen LogP contribution in [0.3, 0.4) is 0 Å². The molecule has 0 saturated heterocycles. The number of amides is 1. The first-order chi connectivity index (χ1) is 9.26. The zero-order chi connectivity index (χ0) is 15.0. The van der Waals surface area contributed by atoms with Crippen LogP contribution >= 0.6 is 0 Å². The Morgan fingerprint density at radius 3 is 2.30 bits per heavy atom. The van der Waals surface area contributed by atoms with Crippen LogP contribution in [-0.2, 0) is 4.79 Å². The number of benzene rings is 1. The fraction of sp³-hybridized carbons (Fsp3) is 0.588. The summed E-state index contributed by atoms with van der Waals surface area (Å²) in [5, 5.41) is 6.23. The van der Waals surface area contributed by atoms with Gasteiger partial charge in [0.1, 0.15) is 0 Å². The molecule has 0 aliphatic heterocycles. The van der Waals surface area contributed by atoms with Gasteiger partial charge in [-0.3, -0.25) is 4.79 Å². The smallest absolute Gasteiger partial charge is 0.238 e. The van der Waals surface area contributed by atoms with Gasteiger partial charge in [0, 0.05) is 5.69 Å². The summed E-state index contributed by atoms with van der Waals surface area (Å²) < 4.78 is 0. The number of aryl methyl sites for hydroxylation is 1. The van der Waals surface area contributed by atoms with Gasteiger partial charge in [-0.15, -0.1) is 0 Å². The van der Waals surface area contributed by atoms with E-state index in [9.17, 15) is 4.79 Å². The molecular formula is C17H26N2O. The molecule has 0 aromatic heterocycles. The van der Waals surface area contributed by atoms with Crippen molar-refractivity contribution in [1.82, 2.24) is 5.32 Å². The Labute approximate surface area is 122 Å². The van der Waals surface area contributed by atoms with Gasteiger partial charge < -0.3 is 10.6 Å². The molecule has 1 aromatic rings. The lowest BCUT2D eigenvalue weighted by Crippen LogP contribution is -2.30. The number of hydrogen-bond donors (Lipinski definition) is 2. The fourth-order valence-corrected chi connectivity index (χ4v) is 3.08. The van der Waals surface area contributed by atoms with Crippen LogP contribution in [-0.4, -0.2) is 19.0 Å². The Bertz CT molecular complexity index is 491. The molecule has 3 nitrogen and oxygen atoms in total. The molecule has 1 fully saturated rings. The van der Waals surface area contributed by atoms with Crippen molar-refractivity contribution in [2.24, 2.45) is 16.7 Å². The first-order valence-corrected chi connectivity index (χ1v) is 7.33. The summed E-state index contributed by atoms with van der Waals surface area (Å²) in [6, 6.07) is 7.84. The minimum atomic E-state index is 0.0237. The highest BCUT2D eigenvalue weighted by Gasteiger charge is 2.63. The molecular weight excluding hydrogens is 248 g/mol. The molecule has 2 N–H and O–H groups in total. The summed E-state index contributed by atoms with van der Waals surface area (Å²) in [7, 11) is 0. The molecule has 110 valence electrons. The molecule has 3 heteroatoms. The van der Waals surface area contributed by atoms with E-state index in [1.54, 1.807) is 0 Å². The molecule has 1 aromatic carbocycles. The largest absolute Gasteiger partial charge is 0.325 e. The number of para-hydroxylation sites is 1. The van der Waals surface area contributed by atoms with Crippen LogP contribution in [0.15, 0.2) is 24.3 Å². The zero-order valence-electron chi connectivity index (χ0n) is 13.2. The summed E-state index contributed by atoms with van der Waals surface area (Å²) in [6.45, 7) is 12.5. The van der Waals surface area contributed by atoms with Crippen molar-refractivity contribution in [2.75, 3.05) is 18.4 Å². The number of carbonyl (C=O) groups is 1. The normalized spacial score (nSPS) is 19.6. The first-order valence-electron chi connectivity index (χ1n) is 7.33. The third kappa shape index (κ3) is 2.73. The molecule has 1 aliphatic carbocycles. The fourth-order valence-electron chi connectivity index (χ4n) is 3.08. The number of carbonyl (C=O) groups excluding carboxylic acids is 1. The Morgan fingerprint density at radius 2 is 1.75 bits per heavy atom. The average Bonchev–Trinajstić information content (AvgIpc) is 2.74. The minimum Gasteiger partial charge on any atom is -0.325 e. The van der Waals surface area contributed by atoms with E-state index in [1.165, 1.54) is 0 Å². The van der Waals surface area contributed by atoms with Gasteiger partial charge in [-0.05, 0) is 41.8 Å². The quantitative estimate of drug-likeness (QED) is 0.865. The van der Waals surface area contributed by atoms with Gasteiger partial charge in [0.2, 0.25) is 5.91 Å². The maximum Gasteiger partial charge on any atom is 0.238 e. The number of hydrogen-bond acceptors (Lipinski definition) is 2. The van der Waals surface area contributed by atoms with Crippen molar-refractivity contribution in [3.8, 4) is 0 Å². The van der Waals surface area contributed by atoms with Gasteiger partial charge in [-0.25, -0.2) is 0 Å². The van der Waals surface area contributed by atoms with Gasteiger partial charge >= 0.3 is 0 Å². The van der Waals surface area contributed by atoms with Crippen molar-refractivity contribution in [1.29, 1.82) is 0 Å². The number of rotatable bonds is 5. The predicted octanol–water partition coefficient (Wildman–Crippen LogP) is 3.21. The molecule has 1 aliphatic rings. The average molecular weight is 274 g/mol. The molecule has 20 heavy (non-hydrogen) atoms. The summed E-state index contributed by atoms with van der Waals surface area (Å²) >= 11 is 0. The van der Waals surface area contributed by atoms with Gasteiger partial charge in [0.05, 0.1) is 6.54 Å². The van der Waals surface area contributed by atoms with E-state index < -0.39 is 0 Å². The molecule has 1 saturated carbocycles. The number of nitrogens with one attached hydrogen (secondary N) is 2. The van der Waals surface area contributed by atoms with Crippen molar-refractivity contribution >= 4 is 11.6 Å². The van der Waals surface area contributed by atoms with Crippen LogP contribution in [0.5, 0.6) is 0 Å². The van der Waals surface area contributed by atoms with Crippen LogP contribution < -0.4 is 10.6 Å². The summed E-state index contributed by atoms with van der Waals surface area (Å²) in [6.07, 6.45) is 0. The maximum atomic E-state index is 11.9. The van der Waals surface area contributed by atoms with E-state index >= 15 is 0 Å². The molecule has 2 rings (SSSR count). The van der Waals surface area contributed by atoms with Gasteiger partial charge in [-0.2, -0.15) is 0 Å². The van der Waals surface area contributed by atoms with E-state index in [0.29, 0.717) is 23.3 Å². The van der Waals surface area contributed by atoms with E-state index in [1.807, 2.05) is 31.2 Å². The van der Waals surface area contributed by atoms with Crippen LogP contribution in [0, 0.1) is 23.7 Å². The van der Waals surface area contributed by atoms with Gasteiger partial charge in [-0.1, -0.05) is 45.9 Å². The highest BCUT2D eigenvalue weighted by atomic mass is 16.1. The second-order valence-electron chi connectivity index (χ2n) is 6.99. The molecule has 0 radical (unpaired) electrons. The minimum absolute atomic E-state index is 0.0237. The van der Waals surface area contributed by atoms with Gasteiger partial charge in [0.25, 0.3) is 0 Å². The van der Waals surface area contributed by atoms with E-state index in [0.717, 1.165) is 17.8 Å². The topological polar surface area (TPSA) is 41.1 Å². The predicted molar refractivity (Wildman–Crippen MR) is 83.7 cm³/mol. The number of anilines is 1. The lowest BCUT2D eigenvalue weighted by molar-refractivity contribution is -0.115. The summed E-state index contributed by atoms with van der Waals surface area (Å²) in [5.41, 5.74) is 2.72. The van der Waals surface area contributed by atoms with E-state index in [2.05, 4.69) is 38.3 Å². The van der Waals surface area contributed by atoms with Crippen LogP contribution in [0.1, 0.15) is 33.3 Å². The van der Waals surface area contributed by atoms with Crippen LogP contribution in [0.2, 0.25) is 0 Å². The summed E-state index contributed by atoms with van der Waals surface area (Å²) in [4.78, 5) is 11.9. The SMILES string of the molecule is Cc1ccccc1NC(=O)CNCC1C(C)(C)C1(C)C. The zero-order valence-corrected chi connectivity index (χ0v) is 13.2. The maximum absolute atomic E-state index is 11.9. The van der Waals surface area contributed by atoms with Crippen molar-refractivity contribution in [3.63, 3.8) is 0 Å².